The smallest absolute Gasteiger partial charge is 0.258 e. The van der Waals surface area contributed by atoms with Crippen LogP contribution in [0.1, 0.15) is 12.6 Å². The first kappa shape index (κ1) is 12.6. The van der Waals surface area contributed by atoms with E-state index in [1.165, 1.54) is 0 Å². The minimum Gasteiger partial charge on any atom is -0.315 e. The maximum atomic E-state index is 12.2. The number of pyridine rings is 2. The second-order valence-electron chi connectivity index (χ2n) is 4.90. The van der Waals surface area contributed by atoms with Crippen LogP contribution >= 0.6 is 0 Å². The largest absolute Gasteiger partial charge is 0.315 e. The zero-order valence-corrected chi connectivity index (χ0v) is 11.6. The fourth-order valence-corrected chi connectivity index (χ4v) is 2.36. The molecule has 0 amide bonds. The summed E-state index contributed by atoms with van der Waals surface area (Å²) in [5.41, 5.74) is 3.22. The molecule has 0 radical (unpaired) electrons. The number of aryl methyl sites for hydroxylation is 2. The number of fused-ring (bicyclic) bond motifs is 1. The first-order chi connectivity index (χ1) is 9.69. The molecule has 1 aromatic carbocycles. The average molecular weight is 264 g/mol. The van der Waals surface area contributed by atoms with E-state index in [0.717, 1.165) is 27.6 Å². The molecule has 0 aliphatic carbocycles. The van der Waals surface area contributed by atoms with Crippen LogP contribution in [0.2, 0.25) is 0 Å². The predicted molar refractivity (Wildman–Crippen MR) is 81.9 cm³/mol. The minimum atomic E-state index is 0.0681. The van der Waals surface area contributed by atoms with Crippen molar-refractivity contribution < 1.29 is 0 Å². The van der Waals surface area contributed by atoms with E-state index in [1.807, 2.05) is 56.6 Å². The van der Waals surface area contributed by atoms with Crippen molar-refractivity contribution in [1.82, 2.24) is 9.55 Å². The predicted octanol–water partition coefficient (Wildman–Crippen LogP) is 3.39. The molecule has 3 heteroatoms. The lowest BCUT2D eigenvalue weighted by Gasteiger charge is -2.06. The van der Waals surface area contributed by atoms with Gasteiger partial charge in [-0.1, -0.05) is 12.1 Å². The lowest BCUT2D eigenvalue weighted by molar-refractivity contribution is 0.735. The van der Waals surface area contributed by atoms with Gasteiger partial charge in [0.25, 0.3) is 5.56 Å². The third-order valence-electron chi connectivity index (χ3n) is 3.56. The summed E-state index contributed by atoms with van der Waals surface area (Å²) in [6.45, 7) is 4.63. The lowest BCUT2D eigenvalue weighted by atomic mass is 10.0. The highest BCUT2D eigenvalue weighted by atomic mass is 16.1. The molecule has 0 unspecified atom stereocenters. The van der Waals surface area contributed by atoms with Crippen molar-refractivity contribution in [3.8, 4) is 11.1 Å². The van der Waals surface area contributed by atoms with Gasteiger partial charge in [-0.2, -0.15) is 0 Å². The number of hydrogen-bond acceptors (Lipinski definition) is 2. The van der Waals surface area contributed by atoms with Crippen molar-refractivity contribution in [2.45, 2.75) is 20.4 Å². The summed E-state index contributed by atoms with van der Waals surface area (Å²) in [5, 5.41) is 1.73. The summed E-state index contributed by atoms with van der Waals surface area (Å²) in [4.78, 5) is 16.5. The molecule has 0 N–H and O–H groups in total. The summed E-state index contributed by atoms with van der Waals surface area (Å²) in [7, 11) is 0. The summed E-state index contributed by atoms with van der Waals surface area (Å²) in [6, 6.07) is 12.0. The van der Waals surface area contributed by atoms with E-state index in [0.29, 0.717) is 6.54 Å². The molecule has 3 aromatic rings. The SMILES string of the molecule is CCn1ccc2cc(-c3ccc(C)nc3)ccc2c1=O. The van der Waals surface area contributed by atoms with Crippen LogP contribution in [0.25, 0.3) is 21.9 Å². The molecule has 0 spiro atoms. The van der Waals surface area contributed by atoms with Crippen LogP contribution in [0.3, 0.4) is 0 Å². The van der Waals surface area contributed by atoms with E-state index in [9.17, 15) is 4.79 Å². The minimum absolute atomic E-state index is 0.0681. The highest BCUT2D eigenvalue weighted by Crippen LogP contribution is 2.22. The first-order valence-electron chi connectivity index (χ1n) is 6.75. The van der Waals surface area contributed by atoms with Crippen LogP contribution in [0.5, 0.6) is 0 Å². The Morgan fingerprint density at radius 1 is 1.10 bits per heavy atom. The molecule has 0 aliphatic heterocycles. The number of aromatic nitrogens is 2. The molecule has 2 heterocycles. The third kappa shape index (κ3) is 2.11. The van der Waals surface area contributed by atoms with Gasteiger partial charge in [-0.15, -0.1) is 0 Å². The van der Waals surface area contributed by atoms with Crippen LogP contribution in [-0.2, 0) is 6.54 Å². The van der Waals surface area contributed by atoms with E-state index >= 15 is 0 Å². The molecule has 2 aromatic heterocycles. The fraction of sp³-hybridized carbons (Fsp3) is 0.176. The highest BCUT2D eigenvalue weighted by molar-refractivity contribution is 5.86. The van der Waals surface area contributed by atoms with Gasteiger partial charge in [-0.3, -0.25) is 9.78 Å². The maximum absolute atomic E-state index is 12.2. The summed E-state index contributed by atoms with van der Waals surface area (Å²) in [5.74, 6) is 0. The molecular weight excluding hydrogens is 248 g/mol. The number of benzene rings is 1. The molecular formula is C17H16N2O. The zero-order chi connectivity index (χ0) is 14.1. The summed E-state index contributed by atoms with van der Waals surface area (Å²) < 4.78 is 1.72. The van der Waals surface area contributed by atoms with Gasteiger partial charge in [-0.25, -0.2) is 0 Å². The summed E-state index contributed by atoms with van der Waals surface area (Å²) >= 11 is 0. The molecule has 100 valence electrons. The monoisotopic (exact) mass is 264 g/mol. The van der Waals surface area contributed by atoms with Crippen molar-refractivity contribution in [2.75, 3.05) is 0 Å². The van der Waals surface area contributed by atoms with E-state index < -0.39 is 0 Å². The Labute approximate surface area is 117 Å². The Morgan fingerprint density at radius 3 is 2.60 bits per heavy atom. The van der Waals surface area contributed by atoms with Gasteiger partial charge in [0.05, 0.1) is 0 Å². The second-order valence-corrected chi connectivity index (χ2v) is 4.90. The van der Waals surface area contributed by atoms with Crippen molar-refractivity contribution in [3.63, 3.8) is 0 Å². The molecule has 0 atom stereocenters. The zero-order valence-electron chi connectivity index (χ0n) is 11.6. The van der Waals surface area contributed by atoms with Crippen molar-refractivity contribution >= 4 is 10.8 Å². The van der Waals surface area contributed by atoms with Gasteiger partial charge in [0.2, 0.25) is 0 Å². The topological polar surface area (TPSA) is 34.9 Å². The van der Waals surface area contributed by atoms with E-state index in [4.69, 9.17) is 0 Å². The number of hydrogen-bond donors (Lipinski definition) is 0. The Kier molecular flexibility index (Phi) is 3.11. The molecule has 0 saturated heterocycles. The van der Waals surface area contributed by atoms with Crippen molar-refractivity contribution in [2.24, 2.45) is 0 Å². The molecule has 0 fully saturated rings. The van der Waals surface area contributed by atoms with Crippen LogP contribution in [-0.4, -0.2) is 9.55 Å². The maximum Gasteiger partial charge on any atom is 0.258 e. The van der Waals surface area contributed by atoms with E-state index in [-0.39, 0.29) is 5.56 Å². The molecule has 0 bridgehead atoms. The van der Waals surface area contributed by atoms with E-state index in [1.54, 1.807) is 4.57 Å². The highest BCUT2D eigenvalue weighted by Gasteiger charge is 2.04. The Morgan fingerprint density at radius 2 is 1.90 bits per heavy atom. The first-order valence-corrected chi connectivity index (χ1v) is 6.75. The van der Waals surface area contributed by atoms with Gasteiger partial charge < -0.3 is 4.57 Å². The second kappa shape index (κ2) is 4.93. The number of rotatable bonds is 2. The van der Waals surface area contributed by atoms with Gasteiger partial charge in [0, 0.05) is 35.6 Å². The van der Waals surface area contributed by atoms with Gasteiger partial charge in [0.1, 0.15) is 0 Å². The third-order valence-corrected chi connectivity index (χ3v) is 3.56. The van der Waals surface area contributed by atoms with Crippen LogP contribution < -0.4 is 5.56 Å². The lowest BCUT2D eigenvalue weighted by Crippen LogP contribution is -2.18. The number of nitrogens with zero attached hydrogens (tertiary/aromatic N) is 2. The quantitative estimate of drug-likeness (QED) is 0.711. The Balaban J connectivity index is 2.16. The van der Waals surface area contributed by atoms with Crippen LogP contribution in [0.15, 0.2) is 53.6 Å². The van der Waals surface area contributed by atoms with Crippen LogP contribution in [0.4, 0.5) is 0 Å². The van der Waals surface area contributed by atoms with Crippen LogP contribution in [0, 0.1) is 6.92 Å². The van der Waals surface area contributed by atoms with E-state index in [2.05, 4.69) is 11.1 Å². The van der Waals surface area contributed by atoms with Gasteiger partial charge in [0.15, 0.2) is 0 Å². The average Bonchev–Trinajstić information content (AvgIpc) is 2.48. The van der Waals surface area contributed by atoms with Crippen molar-refractivity contribution in [1.29, 1.82) is 0 Å². The molecule has 0 saturated carbocycles. The Hall–Kier alpha value is -2.42. The summed E-state index contributed by atoms with van der Waals surface area (Å²) in [6.07, 6.45) is 3.71. The molecule has 3 nitrogen and oxygen atoms in total. The van der Waals surface area contributed by atoms with Gasteiger partial charge in [-0.05, 0) is 49.1 Å². The Bertz CT molecular complexity index is 817. The molecule has 0 aliphatic rings. The standard InChI is InChI=1S/C17H16N2O/c1-3-19-9-8-14-10-13(6-7-16(14)17(19)20)15-5-4-12(2)18-11-15/h4-11H,3H2,1-2H3. The normalized spacial score (nSPS) is 10.9. The van der Waals surface area contributed by atoms with Crippen molar-refractivity contribution in [3.05, 3.63) is 64.8 Å². The molecule has 20 heavy (non-hydrogen) atoms. The van der Waals surface area contributed by atoms with Gasteiger partial charge >= 0.3 is 0 Å². The fourth-order valence-electron chi connectivity index (χ4n) is 2.36. The molecule has 3 rings (SSSR count).